The molecule has 0 spiro atoms. The Morgan fingerprint density at radius 1 is 1.07 bits per heavy atom. The van der Waals surface area contributed by atoms with Crippen molar-refractivity contribution < 1.29 is 17.9 Å². The molecule has 238 valence electrons. The van der Waals surface area contributed by atoms with E-state index in [4.69, 9.17) is 14.7 Å². The van der Waals surface area contributed by atoms with E-state index in [0.29, 0.717) is 45.9 Å². The number of methoxy groups -OCH3 is 1. The molecule has 0 bridgehead atoms. The van der Waals surface area contributed by atoms with Crippen molar-refractivity contribution in [3.05, 3.63) is 60.5 Å². The Labute approximate surface area is 267 Å². The first kappa shape index (κ1) is 32.0. The number of nitrogens with one attached hydrogen (secondary N) is 3. The Balaban J connectivity index is 1.51. The number of aromatic nitrogens is 2. The first-order valence-electron chi connectivity index (χ1n) is 14.4. The van der Waals surface area contributed by atoms with E-state index in [9.17, 15) is 13.2 Å². The summed E-state index contributed by atoms with van der Waals surface area (Å²) in [4.78, 5) is 26.5. The van der Waals surface area contributed by atoms with E-state index in [1.165, 1.54) is 28.8 Å². The van der Waals surface area contributed by atoms with Crippen LogP contribution in [0.15, 0.2) is 60.5 Å². The van der Waals surface area contributed by atoms with Crippen LogP contribution in [0.2, 0.25) is 0 Å². The van der Waals surface area contributed by atoms with Gasteiger partial charge < -0.3 is 30.5 Å². The summed E-state index contributed by atoms with van der Waals surface area (Å²) >= 11 is 1.47. The lowest BCUT2D eigenvalue weighted by Gasteiger charge is -2.37. The Bertz CT molecular complexity index is 1820. The average molecular weight is 651 g/mol. The van der Waals surface area contributed by atoms with Crippen LogP contribution in [-0.2, 0) is 14.8 Å². The van der Waals surface area contributed by atoms with E-state index < -0.39 is 10.0 Å². The van der Waals surface area contributed by atoms with Crippen molar-refractivity contribution in [3.63, 3.8) is 0 Å². The normalized spacial score (nSPS) is 14.0. The average Bonchev–Trinajstić information content (AvgIpc) is 3.50. The van der Waals surface area contributed by atoms with Crippen molar-refractivity contribution in [1.29, 1.82) is 0 Å². The van der Waals surface area contributed by atoms with Gasteiger partial charge in [0.25, 0.3) is 0 Å². The molecule has 0 radical (unpaired) electrons. The molecule has 45 heavy (non-hydrogen) atoms. The molecule has 3 heterocycles. The molecule has 1 aliphatic heterocycles. The van der Waals surface area contributed by atoms with Crippen LogP contribution in [0.1, 0.15) is 12.8 Å². The fraction of sp³-hybridized carbons (Fsp3) is 0.323. The van der Waals surface area contributed by atoms with Gasteiger partial charge in [0.05, 0.1) is 52.0 Å². The Morgan fingerprint density at radius 2 is 1.80 bits per heavy atom. The Morgan fingerprint density at radius 3 is 2.47 bits per heavy atom. The van der Waals surface area contributed by atoms with Crippen LogP contribution in [0, 0.1) is 0 Å². The summed E-state index contributed by atoms with van der Waals surface area (Å²) in [6.07, 6.45) is 4.39. The van der Waals surface area contributed by atoms with Crippen LogP contribution in [0.25, 0.3) is 10.2 Å². The first-order chi connectivity index (χ1) is 21.5. The second-order valence-electron chi connectivity index (χ2n) is 11.0. The van der Waals surface area contributed by atoms with Crippen LogP contribution in [0.5, 0.6) is 5.75 Å². The molecular formula is C31H38N8O4S2. The molecule has 2 aromatic carbocycles. The van der Waals surface area contributed by atoms with Gasteiger partial charge >= 0.3 is 0 Å². The molecule has 12 nitrogen and oxygen atoms in total. The van der Waals surface area contributed by atoms with Gasteiger partial charge in [0.2, 0.25) is 21.9 Å². The van der Waals surface area contributed by atoms with Crippen molar-refractivity contribution in [2.24, 2.45) is 0 Å². The van der Waals surface area contributed by atoms with Gasteiger partial charge in [-0.1, -0.05) is 18.7 Å². The number of amides is 1. The van der Waals surface area contributed by atoms with E-state index in [2.05, 4.69) is 46.4 Å². The molecule has 0 saturated carbocycles. The zero-order valence-electron chi connectivity index (χ0n) is 26.0. The van der Waals surface area contributed by atoms with Crippen molar-refractivity contribution in [2.45, 2.75) is 18.9 Å². The predicted octanol–water partition coefficient (Wildman–Crippen LogP) is 5.24. The Hall–Kier alpha value is -4.40. The fourth-order valence-corrected chi connectivity index (χ4v) is 6.58. The first-order valence-corrected chi connectivity index (χ1v) is 17.1. The zero-order valence-corrected chi connectivity index (χ0v) is 27.6. The second-order valence-corrected chi connectivity index (χ2v) is 13.9. The zero-order chi connectivity index (χ0) is 32.3. The third-order valence-electron chi connectivity index (χ3n) is 7.84. The largest absolute Gasteiger partial charge is 0.494 e. The summed E-state index contributed by atoms with van der Waals surface area (Å²) in [6, 6.07) is 13.2. The van der Waals surface area contributed by atoms with Crippen LogP contribution >= 0.6 is 11.3 Å². The van der Waals surface area contributed by atoms with Crippen molar-refractivity contribution in [3.8, 4) is 5.75 Å². The van der Waals surface area contributed by atoms with E-state index in [-0.39, 0.29) is 11.9 Å². The van der Waals surface area contributed by atoms with E-state index in [0.717, 1.165) is 42.6 Å². The smallest absolute Gasteiger partial charge is 0.247 e. The fourth-order valence-electron chi connectivity index (χ4n) is 5.29. The highest BCUT2D eigenvalue weighted by Gasteiger charge is 2.25. The number of nitrogens with zero attached hydrogens (tertiary/aromatic N) is 5. The number of hydrogen-bond donors (Lipinski definition) is 3. The van der Waals surface area contributed by atoms with Crippen molar-refractivity contribution >= 4 is 77.7 Å². The number of anilines is 7. The van der Waals surface area contributed by atoms with E-state index in [1.807, 2.05) is 29.6 Å². The lowest BCUT2D eigenvalue weighted by atomic mass is 10.0. The molecule has 0 aliphatic carbocycles. The number of fused-ring (bicyclic) bond motifs is 1. The number of thiophene rings is 1. The standard InChI is InChI=1S/C31H38N8O4S2/c1-7-28(40)32-23-18-24(27(43-5)19-26(23)39-15-12-20(13-16-39)37(2)3)35-31-34-22-14-17-44-29(22)30(36-31)33-21-10-8-9-11-25(21)38(4)45(6,41)42/h7-11,14,17-20H,1,12-13,15-16H2,2-6H3,(H,32,40)(H2,33,34,35,36). The summed E-state index contributed by atoms with van der Waals surface area (Å²) in [5, 5.41) is 11.5. The molecule has 1 fully saturated rings. The SMILES string of the molecule is C=CC(=O)Nc1cc(Nc2nc(Nc3ccccc3N(C)S(C)(=O)=O)c3sccc3n2)c(OC)cc1N1CCC(N(C)C)CC1. The number of para-hydroxylation sites is 2. The number of hydrogen-bond acceptors (Lipinski definition) is 11. The second kappa shape index (κ2) is 13.3. The van der Waals surface area contributed by atoms with Gasteiger partial charge in [-0.05, 0) is 62.7 Å². The highest BCUT2D eigenvalue weighted by atomic mass is 32.2. The van der Waals surface area contributed by atoms with Crippen molar-refractivity contribution in [1.82, 2.24) is 14.9 Å². The third-order valence-corrected chi connectivity index (χ3v) is 9.94. The number of benzene rings is 2. The highest BCUT2D eigenvalue weighted by molar-refractivity contribution is 7.92. The molecule has 4 aromatic rings. The van der Waals surface area contributed by atoms with Gasteiger partial charge in [-0.3, -0.25) is 9.10 Å². The number of piperidine rings is 1. The number of carbonyl (C=O) groups excluding carboxylic acids is 1. The van der Waals surface area contributed by atoms with Gasteiger partial charge in [0.1, 0.15) is 5.75 Å². The lowest BCUT2D eigenvalue weighted by Crippen LogP contribution is -2.42. The van der Waals surface area contributed by atoms with Gasteiger partial charge in [-0.2, -0.15) is 4.98 Å². The van der Waals surface area contributed by atoms with Crippen LogP contribution in [0.4, 0.5) is 40.2 Å². The van der Waals surface area contributed by atoms with Gasteiger partial charge in [0.15, 0.2) is 5.82 Å². The van der Waals surface area contributed by atoms with Gasteiger partial charge in [-0.15, -0.1) is 11.3 Å². The maximum absolute atomic E-state index is 12.5. The van der Waals surface area contributed by atoms with E-state index >= 15 is 0 Å². The maximum atomic E-state index is 12.5. The van der Waals surface area contributed by atoms with Crippen LogP contribution in [0.3, 0.4) is 0 Å². The quantitative estimate of drug-likeness (QED) is 0.185. The lowest BCUT2D eigenvalue weighted by molar-refractivity contribution is -0.111. The Kier molecular flexibility index (Phi) is 9.46. The molecule has 3 N–H and O–H groups in total. The molecule has 1 amide bonds. The van der Waals surface area contributed by atoms with Crippen LogP contribution < -0.4 is 29.9 Å². The minimum Gasteiger partial charge on any atom is -0.494 e. The molecule has 0 unspecified atom stereocenters. The summed E-state index contributed by atoms with van der Waals surface area (Å²) in [5.74, 6) is 1.03. The predicted molar refractivity (Wildman–Crippen MR) is 184 cm³/mol. The number of sulfonamides is 1. The molecular weight excluding hydrogens is 613 g/mol. The molecule has 0 atom stereocenters. The molecule has 2 aromatic heterocycles. The summed E-state index contributed by atoms with van der Waals surface area (Å²) in [6.45, 7) is 5.28. The topological polar surface area (TPSA) is 132 Å². The van der Waals surface area contributed by atoms with E-state index in [1.54, 1.807) is 25.3 Å². The number of carbonyl (C=O) groups is 1. The van der Waals surface area contributed by atoms with Gasteiger partial charge in [-0.25, -0.2) is 13.4 Å². The molecule has 1 aliphatic rings. The number of ether oxygens (including phenoxy) is 1. The van der Waals surface area contributed by atoms with Crippen molar-refractivity contribution in [2.75, 3.05) is 72.8 Å². The number of rotatable bonds is 11. The highest BCUT2D eigenvalue weighted by Crippen LogP contribution is 2.40. The summed E-state index contributed by atoms with van der Waals surface area (Å²) in [7, 11) is 3.80. The summed E-state index contributed by atoms with van der Waals surface area (Å²) in [5.41, 5.74) is 3.77. The van der Waals surface area contributed by atoms with Crippen LogP contribution in [-0.4, -0.2) is 82.8 Å². The summed E-state index contributed by atoms with van der Waals surface area (Å²) < 4.78 is 32.5. The molecule has 5 rings (SSSR count). The third kappa shape index (κ3) is 7.13. The van der Waals surface area contributed by atoms with Gasteiger partial charge in [0, 0.05) is 32.2 Å². The monoisotopic (exact) mass is 650 g/mol. The minimum atomic E-state index is -3.50. The molecule has 14 heteroatoms. The minimum absolute atomic E-state index is 0.288. The maximum Gasteiger partial charge on any atom is 0.247 e. The molecule has 1 saturated heterocycles.